The smallest absolute Gasteiger partial charge is 0.343 e. The fourth-order valence-corrected chi connectivity index (χ4v) is 3.11. The molecule has 0 aliphatic carbocycles. The molecule has 0 saturated heterocycles. The first-order chi connectivity index (χ1) is 14.7. The van der Waals surface area contributed by atoms with Crippen molar-refractivity contribution in [2.45, 2.75) is 19.8 Å². The van der Waals surface area contributed by atoms with Crippen molar-refractivity contribution in [1.29, 1.82) is 5.26 Å². The highest BCUT2D eigenvalue weighted by Crippen LogP contribution is 2.24. The van der Waals surface area contributed by atoms with Crippen LogP contribution in [0.3, 0.4) is 0 Å². The number of esters is 1. The first-order valence-corrected chi connectivity index (χ1v) is 9.98. The van der Waals surface area contributed by atoms with Crippen LogP contribution < -0.4 is 4.90 Å². The highest BCUT2D eigenvalue weighted by atomic mass is 16.5. The largest absolute Gasteiger partial charge is 0.462 e. The Morgan fingerprint density at radius 1 is 1.07 bits per heavy atom. The second kappa shape index (κ2) is 10.7. The summed E-state index contributed by atoms with van der Waals surface area (Å²) in [6.07, 6.45) is 2.60. The summed E-state index contributed by atoms with van der Waals surface area (Å²) >= 11 is 0. The van der Waals surface area contributed by atoms with Gasteiger partial charge in [-0.25, -0.2) is 14.8 Å². The van der Waals surface area contributed by atoms with Gasteiger partial charge in [-0.15, -0.1) is 0 Å². The van der Waals surface area contributed by atoms with Crippen LogP contribution in [0.4, 0.5) is 5.82 Å². The van der Waals surface area contributed by atoms with Gasteiger partial charge in [0, 0.05) is 24.8 Å². The number of carbonyl (C=O) groups excluding carboxylic acids is 1. The van der Waals surface area contributed by atoms with Crippen LogP contribution in [0.15, 0.2) is 66.9 Å². The minimum absolute atomic E-state index is 0.265. The standard InChI is InChI=1S/C24H24N4O2/c1-2-30-24(29)21-18-26-22(20-12-7-4-8-13-20)27-23(21)28(16-9-15-25)17-14-19-10-5-3-6-11-19/h3-8,10-13,18H,2,9,14,16-17H2,1H3. The van der Waals surface area contributed by atoms with Gasteiger partial charge in [0.05, 0.1) is 19.1 Å². The number of ether oxygens (including phenoxy) is 1. The number of nitriles is 1. The number of aromatic nitrogens is 2. The number of rotatable bonds is 9. The molecule has 0 spiro atoms. The van der Waals surface area contributed by atoms with Gasteiger partial charge in [-0.05, 0) is 18.9 Å². The Kier molecular flexibility index (Phi) is 7.51. The van der Waals surface area contributed by atoms with Crippen LogP contribution in [0.2, 0.25) is 0 Å². The molecule has 0 unspecified atom stereocenters. The third-order valence-corrected chi connectivity index (χ3v) is 4.60. The van der Waals surface area contributed by atoms with Crippen molar-refractivity contribution in [2.75, 3.05) is 24.6 Å². The molecule has 6 nitrogen and oxygen atoms in total. The van der Waals surface area contributed by atoms with Gasteiger partial charge >= 0.3 is 5.97 Å². The van der Waals surface area contributed by atoms with Crippen molar-refractivity contribution >= 4 is 11.8 Å². The molecule has 0 fully saturated rings. The van der Waals surface area contributed by atoms with E-state index in [2.05, 4.69) is 23.2 Å². The predicted molar refractivity (Wildman–Crippen MR) is 116 cm³/mol. The maximum atomic E-state index is 12.6. The van der Waals surface area contributed by atoms with Gasteiger partial charge in [-0.1, -0.05) is 60.7 Å². The fourth-order valence-electron chi connectivity index (χ4n) is 3.11. The zero-order valence-corrected chi connectivity index (χ0v) is 17.0. The number of benzene rings is 2. The van der Waals surface area contributed by atoms with Gasteiger partial charge in [0.2, 0.25) is 0 Å². The first-order valence-electron chi connectivity index (χ1n) is 9.98. The SMILES string of the molecule is CCOC(=O)c1cnc(-c2ccccc2)nc1N(CCC#N)CCc1ccccc1. The van der Waals surface area contributed by atoms with E-state index in [9.17, 15) is 4.79 Å². The molecule has 1 aromatic heterocycles. The molecule has 0 aliphatic heterocycles. The average molecular weight is 400 g/mol. The van der Waals surface area contributed by atoms with E-state index < -0.39 is 5.97 Å². The maximum absolute atomic E-state index is 12.6. The van der Waals surface area contributed by atoms with E-state index in [-0.39, 0.29) is 6.61 Å². The highest BCUT2D eigenvalue weighted by Gasteiger charge is 2.21. The van der Waals surface area contributed by atoms with Gasteiger partial charge in [-0.3, -0.25) is 0 Å². The molecule has 1 heterocycles. The number of nitrogens with zero attached hydrogens (tertiary/aromatic N) is 4. The molecule has 3 rings (SSSR count). The van der Waals surface area contributed by atoms with Crippen LogP contribution in [0, 0.1) is 11.3 Å². The lowest BCUT2D eigenvalue weighted by atomic mass is 10.1. The molecule has 3 aromatic rings. The van der Waals surface area contributed by atoms with Gasteiger partial charge in [0.15, 0.2) is 5.82 Å². The maximum Gasteiger partial charge on any atom is 0.343 e. The molecule has 0 bridgehead atoms. The summed E-state index contributed by atoms with van der Waals surface area (Å²) in [4.78, 5) is 23.6. The third-order valence-electron chi connectivity index (χ3n) is 4.60. The molecule has 0 radical (unpaired) electrons. The minimum atomic E-state index is -0.464. The lowest BCUT2D eigenvalue weighted by molar-refractivity contribution is 0.0526. The Bertz CT molecular complexity index is 1000. The van der Waals surface area contributed by atoms with Crippen LogP contribution in [0.25, 0.3) is 11.4 Å². The number of anilines is 1. The van der Waals surface area contributed by atoms with Crippen LogP contribution in [-0.4, -0.2) is 35.6 Å². The van der Waals surface area contributed by atoms with Crippen molar-refractivity contribution in [3.63, 3.8) is 0 Å². The molecule has 0 N–H and O–H groups in total. The lowest BCUT2D eigenvalue weighted by Crippen LogP contribution is -2.30. The number of carbonyl (C=O) groups is 1. The van der Waals surface area contributed by atoms with E-state index >= 15 is 0 Å². The van der Waals surface area contributed by atoms with E-state index in [1.54, 1.807) is 6.92 Å². The van der Waals surface area contributed by atoms with Crippen molar-refractivity contribution in [3.8, 4) is 17.5 Å². The molecule has 152 valence electrons. The predicted octanol–water partition coefficient (Wildman–Crippen LogP) is 4.28. The van der Waals surface area contributed by atoms with E-state index in [1.165, 1.54) is 11.8 Å². The molecular weight excluding hydrogens is 376 g/mol. The van der Waals surface area contributed by atoms with Crippen LogP contribution >= 0.6 is 0 Å². The Hall–Kier alpha value is -3.72. The third kappa shape index (κ3) is 5.42. The summed E-state index contributed by atoms with van der Waals surface area (Å²) in [5.74, 6) is 0.558. The van der Waals surface area contributed by atoms with Gasteiger partial charge in [0.1, 0.15) is 11.4 Å². The summed E-state index contributed by atoms with van der Waals surface area (Å²) in [5, 5.41) is 9.14. The lowest BCUT2D eigenvalue weighted by Gasteiger charge is -2.25. The zero-order chi connectivity index (χ0) is 21.2. The van der Waals surface area contributed by atoms with Crippen molar-refractivity contribution < 1.29 is 9.53 Å². The summed E-state index contributed by atoms with van der Waals surface area (Å²) < 4.78 is 5.22. The van der Waals surface area contributed by atoms with Crippen LogP contribution in [0.1, 0.15) is 29.3 Å². The molecular formula is C24H24N4O2. The van der Waals surface area contributed by atoms with Crippen LogP contribution in [-0.2, 0) is 11.2 Å². The van der Waals surface area contributed by atoms with Crippen molar-refractivity contribution in [1.82, 2.24) is 9.97 Å². The van der Waals surface area contributed by atoms with Gasteiger partial charge in [-0.2, -0.15) is 5.26 Å². The second-order valence-corrected chi connectivity index (χ2v) is 6.65. The Morgan fingerprint density at radius 3 is 2.43 bits per heavy atom. The molecule has 0 saturated carbocycles. The van der Waals surface area contributed by atoms with Crippen molar-refractivity contribution in [2.24, 2.45) is 0 Å². The quantitative estimate of drug-likeness (QED) is 0.499. The average Bonchev–Trinajstić information content (AvgIpc) is 2.80. The molecule has 0 aliphatic rings. The van der Waals surface area contributed by atoms with E-state index in [0.717, 1.165) is 12.0 Å². The Balaban J connectivity index is 1.98. The summed E-state index contributed by atoms with van der Waals surface area (Å²) in [5.41, 5.74) is 2.34. The van der Waals surface area contributed by atoms with Gasteiger partial charge < -0.3 is 9.64 Å². The van der Waals surface area contributed by atoms with E-state index in [0.29, 0.717) is 36.7 Å². The minimum Gasteiger partial charge on any atom is -0.462 e. The topological polar surface area (TPSA) is 79.1 Å². The van der Waals surface area contributed by atoms with Crippen molar-refractivity contribution in [3.05, 3.63) is 78.0 Å². The summed E-state index contributed by atoms with van der Waals surface area (Å²) in [7, 11) is 0. The van der Waals surface area contributed by atoms with Gasteiger partial charge in [0.25, 0.3) is 0 Å². The van der Waals surface area contributed by atoms with E-state index in [4.69, 9.17) is 15.0 Å². The molecule has 30 heavy (non-hydrogen) atoms. The summed E-state index contributed by atoms with van der Waals surface area (Å²) in [6, 6.07) is 21.9. The Labute approximate surface area is 176 Å². The Morgan fingerprint density at radius 2 is 1.77 bits per heavy atom. The highest BCUT2D eigenvalue weighted by molar-refractivity contribution is 5.94. The monoisotopic (exact) mass is 400 g/mol. The zero-order valence-electron chi connectivity index (χ0n) is 17.0. The molecule has 2 aromatic carbocycles. The van der Waals surface area contributed by atoms with Crippen LogP contribution in [0.5, 0.6) is 0 Å². The van der Waals surface area contributed by atoms with E-state index in [1.807, 2.05) is 53.4 Å². The molecule has 0 amide bonds. The molecule has 6 heteroatoms. The second-order valence-electron chi connectivity index (χ2n) is 6.65. The fraction of sp³-hybridized carbons (Fsp3) is 0.250. The first kappa shape index (κ1) is 21.0. The molecule has 0 atom stereocenters. The number of hydrogen-bond acceptors (Lipinski definition) is 6. The normalized spacial score (nSPS) is 10.3. The summed E-state index contributed by atoms with van der Waals surface area (Å²) in [6.45, 7) is 3.10. The number of hydrogen-bond donors (Lipinski definition) is 0.